The lowest BCUT2D eigenvalue weighted by Gasteiger charge is -2.24. The highest BCUT2D eigenvalue weighted by atomic mass is 32.2. The third-order valence-corrected chi connectivity index (χ3v) is 7.94. The average molecular weight is 579 g/mol. The molecule has 0 saturated heterocycles. The molecule has 0 radical (unpaired) electrons. The lowest BCUT2D eigenvalue weighted by atomic mass is 9.95. The molecule has 0 aliphatic carbocycles. The van der Waals surface area contributed by atoms with Gasteiger partial charge < -0.3 is 23.6 Å². The van der Waals surface area contributed by atoms with Crippen molar-refractivity contribution in [2.24, 2.45) is 4.99 Å². The van der Waals surface area contributed by atoms with Crippen molar-refractivity contribution in [1.82, 2.24) is 14.5 Å². The van der Waals surface area contributed by atoms with Crippen LogP contribution < -0.4 is 29.9 Å². The topological polar surface area (TPSA) is 138 Å². The van der Waals surface area contributed by atoms with Crippen molar-refractivity contribution in [1.29, 1.82) is 0 Å². The van der Waals surface area contributed by atoms with Crippen LogP contribution in [0.3, 0.4) is 0 Å². The highest BCUT2D eigenvalue weighted by Crippen LogP contribution is 2.38. The van der Waals surface area contributed by atoms with Crippen molar-refractivity contribution < 1.29 is 23.4 Å². The van der Waals surface area contributed by atoms with Crippen LogP contribution in [0.4, 0.5) is 0 Å². The molecule has 2 aliphatic heterocycles. The summed E-state index contributed by atoms with van der Waals surface area (Å²) in [6.07, 6.45) is 1.63. The fourth-order valence-electron chi connectivity index (χ4n) is 4.48. The number of rotatable bonds is 6. The number of ether oxygens (including phenoxy) is 3. The molecule has 204 valence electrons. The molecule has 11 nitrogen and oxygen atoms in total. The molecule has 2 aliphatic rings. The van der Waals surface area contributed by atoms with Crippen LogP contribution in [0.25, 0.3) is 6.08 Å². The van der Waals surface area contributed by atoms with E-state index in [2.05, 4.69) is 15.0 Å². The Kier molecular flexibility index (Phi) is 6.68. The van der Waals surface area contributed by atoms with Gasteiger partial charge in [0, 0.05) is 17.8 Å². The van der Waals surface area contributed by atoms with Gasteiger partial charge in [0.1, 0.15) is 5.76 Å². The largest absolute Gasteiger partial charge is 0.463 e. The minimum atomic E-state index is -0.779. The van der Waals surface area contributed by atoms with E-state index in [0.717, 1.165) is 11.8 Å². The predicted molar refractivity (Wildman–Crippen MR) is 145 cm³/mol. The molecule has 0 amide bonds. The maximum atomic E-state index is 13.8. The number of nitrogens with one attached hydrogen (secondary N) is 1. The first-order valence-electron chi connectivity index (χ1n) is 12.3. The first-order valence-corrected chi connectivity index (χ1v) is 13.9. The van der Waals surface area contributed by atoms with Gasteiger partial charge in [0.2, 0.25) is 6.79 Å². The average Bonchev–Trinajstić information content (AvgIpc) is 3.62. The number of furan rings is 1. The maximum Gasteiger partial charge on any atom is 0.338 e. The standard InChI is InChI=1S/C27H22N4O7S2/c1-4-35-25(34)22-14(3)29-27-31(23(22)15-5-7-17-18(10-15)37-12-36-17)24(33)19(39-27)11-16-6-8-21(38-16)40-26-28-13(2)9-20(32)30-26/h5-11,23H,4,12H2,1-3H3,(H,28,30,32)/b19-11+/t23-/m1/s1. The molecular weight excluding hydrogens is 556 g/mol. The number of aryl methyl sites for hydroxylation is 1. The fraction of sp³-hybridized carbons (Fsp3) is 0.222. The van der Waals surface area contributed by atoms with Gasteiger partial charge in [-0.2, -0.15) is 0 Å². The van der Waals surface area contributed by atoms with E-state index < -0.39 is 12.0 Å². The molecule has 0 saturated carbocycles. The molecule has 0 fully saturated rings. The molecule has 1 atom stereocenters. The zero-order chi connectivity index (χ0) is 28.0. The van der Waals surface area contributed by atoms with E-state index in [1.807, 2.05) is 0 Å². The Labute approximate surface area is 234 Å². The summed E-state index contributed by atoms with van der Waals surface area (Å²) in [6.45, 7) is 5.46. The van der Waals surface area contributed by atoms with Crippen LogP contribution in [0.5, 0.6) is 11.5 Å². The molecular formula is C27H22N4O7S2. The molecule has 5 heterocycles. The second kappa shape index (κ2) is 10.3. The number of aromatic nitrogens is 3. The molecule has 0 bridgehead atoms. The number of carbonyl (C=O) groups is 1. The van der Waals surface area contributed by atoms with Gasteiger partial charge in [0.15, 0.2) is 26.5 Å². The molecule has 3 aromatic heterocycles. The third-order valence-electron chi connectivity index (χ3n) is 6.15. The number of carbonyl (C=O) groups excluding carboxylic acids is 1. The lowest BCUT2D eigenvalue weighted by molar-refractivity contribution is -0.139. The lowest BCUT2D eigenvalue weighted by Crippen LogP contribution is -2.39. The van der Waals surface area contributed by atoms with Gasteiger partial charge in [0.25, 0.3) is 11.1 Å². The third kappa shape index (κ3) is 4.77. The number of thiazole rings is 1. The fourth-order valence-corrected chi connectivity index (χ4v) is 6.31. The van der Waals surface area contributed by atoms with Gasteiger partial charge in [-0.25, -0.2) is 14.8 Å². The molecule has 1 N–H and O–H groups in total. The second-order valence-corrected chi connectivity index (χ2v) is 10.9. The number of esters is 1. The van der Waals surface area contributed by atoms with Crippen molar-refractivity contribution in [2.45, 2.75) is 37.1 Å². The number of allylic oxidation sites excluding steroid dienone is 1. The number of hydrogen-bond donors (Lipinski definition) is 1. The Morgan fingerprint density at radius 3 is 2.83 bits per heavy atom. The molecule has 4 aromatic rings. The number of H-pyrrole nitrogens is 1. The van der Waals surface area contributed by atoms with Crippen LogP contribution in [0.1, 0.15) is 36.9 Å². The van der Waals surface area contributed by atoms with Crippen LogP contribution >= 0.6 is 23.1 Å². The van der Waals surface area contributed by atoms with Crippen molar-refractivity contribution in [3.05, 3.63) is 94.7 Å². The monoisotopic (exact) mass is 578 g/mol. The van der Waals surface area contributed by atoms with Gasteiger partial charge in [-0.15, -0.1) is 0 Å². The summed E-state index contributed by atoms with van der Waals surface area (Å²) >= 11 is 2.35. The van der Waals surface area contributed by atoms with Crippen LogP contribution in [-0.2, 0) is 9.53 Å². The second-order valence-electron chi connectivity index (χ2n) is 8.87. The zero-order valence-corrected chi connectivity index (χ0v) is 23.2. The van der Waals surface area contributed by atoms with Crippen molar-refractivity contribution >= 4 is 35.1 Å². The number of fused-ring (bicyclic) bond motifs is 2. The van der Waals surface area contributed by atoms with Crippen LogP contribution in [-0.4, -0.2) is 33.9 Å². The van der Waals surface area contributed by atoms with Crippen molar-refractivity contribution in [3.63, 3.8) is 0 Å². The van der Waals surface area contributed by atoms with Crippen molar-refractivity contribution in [2.75, 3.05) is 13.4 Å². The highest BCUT2D eigenvalue weighted by molar-refractivity contribution is 7.99. The summed E-state index contributed by atoms with van der Waals surface area (Å²) in [7, 11) is 0. The molecule has 0 spiro atoms. The van der Waals surface area contributed by atoms with E-state index in [1.165, 1.54) is 22.0 Å². The number of nitrogens with zero attached hydrogens (tertiary/aromatic N) is 3. The maximum absolute atomic E-state index is 13.8. The highest BCUT2D eigenvalue weighted by Gasteiger charge is 2.34. The SMILES string of the molecule is CCOC(=O)C1=C(C)N=c2s/c(=C/c3ccc(Sc4nc(C)cc(=O)[nH]4)o3)c(=O)n2[C@@H]1c1ccc2c(c1)OCO2. The summed E-state index contributed by atoms with van der Waals surface area (Å²) in [4.78, 5) is 50.6. The first-order chi connectivity index (χ1) is 19.3. The van der Waals surface area contributed by atoms with Gasteiger partial charge >= 0.3 is 5.97 Å². The summed E-state index contributed by atoms with van der Waals surface area (Å²) in [6, 6.07) is 9.40. The van der Waals surface area contributed by atoms with E-state index in [4.69, 9.17) is 18.6 Å². The van der Waals surface area contributed by atoms with Crippen molar-refractivity contribution in [3.8, 4) is 11.5 Å². The minimum absolute atomic E-state index is 0.0978. The van der Waals surface area contributed by atoms with Gasteiger partial charge in [-0.3, -0.25) is 14.2 Å². The Balaban J connectivity index is 1.42. The molecule has 6 rings (SSSR count). The summed E-state index contributed by atoms with van der Waals surface area (Å²) in [5.41, 5.74) is 1.40. The molecule has 0 unspecified atom stereocenters. The van der Waals surface area contributed by atoms with E-state index in [-0.39, 0.29) is 30.1 Å². The van der Waals surface area contributed by atoms with Gasteiger partial charge in [-0.05, 0) is 62.4 Å². The Hall–Kier alpha value is -4.36. The summed E-state index contributed by atoms with van der Waals surface area (Å²) < 4.78 is 24.1. The van der Waals surface area contributed by atoms with Gasteiger partial charge in [0.05, 0.1) is 28.5 Å². The van der Waals surface area contributed by atoms with E-state index in [1.54, 1.807) is 57.2 Å². The quantitative estimate of drug-likeness (QED) is 0.270. The number of benzene rings is 1. The Morgan fingerprint density at radius 1 is 1.20 bits per heavy atom. The first kappa shape index (κ1) is 25.9. The summed E-state index contributed by atoms with van der Waals surface area (Å²) in [5, 5.41) is 0.891. The van der Waals surface area contributed by atoms with Gasteiger partial charge in [-0.1, -0.05) is 17.4 Å². The number of hydrogen-bond acceptors (Lipinski definition) is 11. The molecule has 13 heteroatoms. The Morgan fingerprint density at radius 2 is 2.02 bits per heavy atom. The smallest absolute Gasteiger partial charge is 0.338 e. The number of aromatic amines is 1. The Bertz CT molecular complexity index is 1930. The molecule has 40 heavy (non-hydrogen) atoms. The van der Waals surface area contributed by atoms with Crippen LogP contribution in [0, 0.1) is 6.92 Å². The van der Waals surface area contributed by atoms with Crippen LogP contribution in [0.15, 0.2) is 76.9 Å². The molecule has 1 aromatic carbocycles. The predicted octanol–water partition coefficient (Wildman–Crippen LogP) is 2.66. The van der Waals surface area contributed by atoms with Crippen LogP contribution in [0.2, 0.25) is 0 Å². The zero-order valence-electron chi connectivity index (χ0n) is 21.5. The summed E-state index contributed by atoms with van der Waals surface area (Å²) in [5.74, 6) is 1.01. The van der Waals surface area contributed by atoms with E-state index in [9.17, 15) is 14.4 Å². The normalized spacial score (nSPS) is 16.2. The van der Waals surface area contributed by atoms with E-state index in [0.29, 0.717) is 53.8 Å². The van der Waals surface area contributed by atoms with E-state index >= 15 is 0 Å². The minimum Gasteiger partial charge on any atom is -0.463 e.